The third-order valence-electron chi connectivity index (χ3n) is 3.92. The number of benzene rings is 1. The van der Waals surface area contributed by atoms with Crippen molar-refractivity contribution in [2.45, 2.75) is 11.9 Å². The van der Waals surface area contributed by atoms with E-state index in [1.165, 1.54) is 11.8 Å². The summed E-state index contributed by atoms with van der Waals surface area (Å²) in [7, 11) is 0. The second kappa shape index (κ2) is 8.32. The monoisotopic (exact) mass is 347 g/mol. The van der Waals surface area contributed by atoms with Crippen molar-refractivity contribution in [2.75, 3.05) is 25.4 Å². The molecule has 1 amide bonds. The van der Waals surface area contributed by atoms with Crippen LogP contribution in [0.3, 0.4) is 0 Å². The number of carbonyl (C=O) groups excluding carboxylic acids is 1. The van der Waals surface area contributed by atoms with E-state index in [9.17, 15) is 9.90 Å². The summed E-state index contributed by atoms with van der Waals surface area (Å²) in [4.78, 5) is 16.3. The molecule has 1 fully saturated rings. The molecule has 0 aliphatic carbocycles. The van der Waals surface area contributed by atoms with Crippen LogP contribution in [0.5, 0.6) is 0 Å². The molecule has 1 aliphatic rings. The lowest BCUT2D eigenvalue weighted by molar-refractivity contribution is -0.118. The Bertz CT molecular complexity index is 662. The number of rotatable bonds is 7. The largest absolute Gasteiger partial charge is 0.444 e. The second-order valence-corrected chi connectivity index (χ2v) is 6.78. The average molecular weight is 347 g/mol. The maximum atomic E-state index is 11.8. The predicted octanol–water partition coefficient (Wildman–Crippen LogP) is 1.27. The maximum Gasteiger partial charge on any atom is 0.230 e. The third-order valence-corrected chi connectivity index (χ3v) is 4.89. The van der Waals surface area contributed by atoms with Crippen LogP contribution >= 0.6 is 11.8 Å². The van der Waals surface area contributed by atoms with Crippen LogP contribution in [0.25, 0.3) is 11.5 Å². The standard InChI is InChI=1S/C17H21N3O3S/c21-15-8-18-6-13(15)7-19-16(22)11-24-10-14-9-23-17(20-14)12-4-2-1-3-5-12/h1-5,9,13,15,18,21H,6-8,10-11H2,(H,19,22). The molecule has 1 aromatic heterocycles. The number of hydrogen-bond donors (Lipinski definition) is 3. The van der Waals surface area contributed by atoms with Crippen LogP contribution in [0.2, 0.25) is 0 Å². The number of aromatic nitrogens is 1. The zero-order valence-corrected chi connectivity index (χ0v) is 14.1. The fraction of sp³-hybridized carbons (Fsp3) is 0.412. The van der Waals surface area contributed by atoms with E-state index in [2.05, 4.69) is 15.6 Å². The fourth-order valence-corrected chi connectivity index (χ4v) is 3.29. The first kappa shape index (κ1) is 17.0. The molecule has 1 aliphatic heterocycles. The molecule has 0 bridgehead atoms. The van der Waals surface area contributed by atoms with Crippen molar-refractivity contribution in [3.8, 4) is 11.5 Å². The summed E-state index contributed by atoms with van der Waals surface area (Å²) < 4.78 is 5.48. The Balaban J connectivity index is 1.39. The number of aliphatic hydroxyl groups is 1. The van der Waals surface area contributed by atoms with Crippen molar-refractivity contribution >= 4 is 17.7 Å². The van der Waals surface area contributed by atoms with Gasteiger partial charge in [0.25, 0.3) is 0 Å². The summed E-state index contributed by atoms with van der Waals surface area (Å²) in [6.45, 7) is 1.86. The van der Waals surface area contributed by atoms with Crippen LogP contribution in [0.1, 0.15) is 5.69 Å². The zero-order chi connectivity index (χ0) is 16.8. The van der Waals surface area contributed by atoms with Gasteiger partial charge in [-0.15, -0.1) is 11.8 Å². The number of thioether (sulfide) groups is 1. The Hall–Kier alpha value is -1.83. The topological polar surface area (TPSA) is 87.4 Å². The smallest absolute Gasteiger partial charge is 0.230 e. The van der Waals surface area contributed by atoms with Gasteiger partial charge in [0.2, 0.25) is 11.8 Å². The molecule has 0 saturated carbocycles. The Morgan fingerprint density at radius 2 is 2.21 bits per heavy atom. The Morgan fingerprint density at radius 1 is 1.38 bits per heavy atom. The molecule has 2 aromatic rings. The number of amides is 1. The van der Waals surface area contributed by atoms with Crippen LogP contribution in [0.15, 0.2) is 41.0 Å². The van der Waals surface area contributed by atoms with Crippen molar-refractivity contribution in [1.82, 2.24) is 15.6 Å². The first-order chi connectivity index (χ1) is 11.7. The molecule has 7 heteroatoms. The molecule has 2 unspecified atom stereocenters. The fourth-order valence-electron chi connectivity index (χ4n) is 2.56. The summed E-state index contributed by atoms with van der Waals surface area (Å²) in [5, 5.41) is 15.7. The van der Waals surface area contributed by atoms with Gasteiger partial charge in [0.1, 0.15) is 6.26 Å². The van der Waals surface area contributed by atoms with Gasteiger partial charge in [0.05, 0.1) is 17.6 Å². The van der Waals surface area contributed by atoms with Crippen LogP contribution < -0.4 is 10.6 Å². The van der Waals surface area contributed by atoms with Gasteiger partial charge < -0.3 is 20.2 Å². The van der Waals surface area contributed by atoms with Crippen molar-refractivity contribution < 1.29 is 14.3 Å². The van der Waals surface area contributed by atoms with Crippen molar-refractivity contribution in [3.05, 3.63) is 42.3 Å². The molecule has 6 nitrogen and oxygen atoms in total. The number of carbonyl (C=O) groups is 1. The predicted molar refractivity (Wildman–Crippen MR) is 93.5 cm³/mol. The zero-order valence-electron chi connectivity index (χ0n) is 13.3. The van der Waals surface area contributed by atoms with E-state index in [-0.39, 0.29) is 17.9 Å². The molecule has 3 N–H and O–H groups in total. The Labute approximate surface area is 145 Å². The van der Waals surface area contributed by atoms with Gasteiger partial charge in [-0.1, -0.05) is 18.2 Å². The number of aliphatic hydroxyl groups excluding tert-OH is 1. The van der Waals surface area contributed by atoms with E-state index in [1.807, 2.05) is 30.3 Å². The van der Waals surface area contributed by atoms with Crippen molar-refractivity contribution in [3.63, 3.8) is 0 Å². The van der Waals surface area contributed by atoms with Gasteiger partial charge in [-0.3, -0.25) is 4.79 Å². The lowest BCUT2D eigenvalue weighted by atomic mass is 10.1. The molecule has 1 saturated heterocycles. The SMILES string of the molecule is O=C(CSCc1coc(-c2ccccc2)n1)NCC1CNCC1O. The minimum Gasteiger partial charge on any atom is -0.444 e. The Morgan fingerprint density at radius 3 is 2.96 bits per heavy atom. The van der Waals surface area contributed by atoms with E-state index >= 15 is 0 Å². The second-order valence-electron chi connectivity index (χ2n) is 5.79. The first-order valence-electron chi connectivity index (χ1n) is 7.95. The maximum absolute atomic E-state index is 11.8. The highest BCUT2D eigenvalue weighted by molar-refractivity contribution is 7.99. The van der Waals surface area contributed by atoms with Gasteiger partial charge >= 0.3 is 0 Å². The van der Waals surface area contributed by atoms with Gasteiger partial charge in [-0.2, -0.15) is 0 Å². The minimum absolute atomic E-state index is 0.0223. The van der Waals surface area contributed by atoms with E-state index < -0.39 is 0 Å². The summed E-state index contributed by atoms with van der Waals surface area (Å²) in [5.74, 6) is 1.66. The van der Waals surface area contributed by atoms with Crippen LogP contribution in [0.4, 0.5) is 0 Å². The van der Waals surface area contributed by atoms with Crippen molar-refractivity contribution in [2.24, 2.45) is 5.92 Å². The molecule has 1 aromatic carbocycles. The molecule has 3 rings (SSSR count). The van der Waals surface area contributed by atoms with Crippen molar-refractivity contribution in [1.29, 1.82) is 0 Å². The van der Waals surface area contributed by atoms with Crippen LogP contribution in [-0.4, -0.2) is 47.5 Å². The number of β-amino-alcohol motifs (C(OH)–C–C–N with tert-alkyl or cyclic N) is 1. The molecule has 2 heterocycles. The number of nitrogens with zero attached hydrogens (tertiary/aromatic N) is 1. The quantitative estimate of drug-likeness (QED) is 0.699. The van der Waals surface area contributed by atoms with Crippen LogP contribution in [-0.2, 0) is 10.5 Å². The van der Waals surface area contributed by atoms with Crippen LogP contribution in [0, 0.1) is 5.92 Å². The van der Waals surface area contributed by atoms with Gasteiger partial charge in [0.15, 0.2) is 0 Å². The van der Waals surface area contributed by atoms with E-state index in [1.54, 1.807) is 6.26 Å². The Kier molecular flexibility index (Phi) is 5.90. The molecule has 0 radical (unpaired) electrons. The summed E-state index contributed by atoms with van der Waals surface area (Å²) >= 11 is 1.49. The van der Waals surface area contributed by atoms with E-state index in [0.717, 1.165) is 17.8 Å². The highest BCUT2D eigenvalue weighted by Crippen LogP contribution is 2.20. The highest BCUT2D eigenvalue weighted by Gasteiger charge is 2.24. The number of nitrogens with one attached hydrogen (secondary N) is 2. The van der Waals surface area contributed by atoms with Gasteiger partial charge in [-0.05, 0) is 12.1 Å². The van der Waals surface area contributed by atoms with E-state index in [4.69, 9.17) is 4.42 Å². The first-order valence-corrected chi connectivity index (χ1v) is 9.11. The molecular formula is C17H21N3O3S. The number of hydrogen-bond acceptors (Lipinski definition) is 6. The van der Waals surface area contributed by atoms with E-state index in [0.29, 0.717) is 30.5 Å². The summed E-state index contributed by atoms with van der Waals surface area (Å²) in [5.41, 5.74) is 1.76. The lowest BCUT2D eigenvalue weighted by Gasteiger charge is -2.13. The summed E-state index contributed by atoms with van der Waals surface area (Å²) in [6, 6.07) is 9.72. The van der Waals surface area contributed by atoms with Gasteiger partial charge in [-0.25, -0.2) is 4.98 Å². The minimum atomic E-state index is -0.371. The molecule has 0 spiro atoms. The van der Waals surface area contributed by atoms with Gasteiger partial charge in [0, 0.05) is 36.9 Å². The molecule has 128 valence electrons. The summed E-state index contributed by atoms with van der Waals surface area (Å²) in [6.07, 6.45) is 1.26. The highest BCUT2D eigenvalue weighted by atomic mass is 32.2. The third kappa shape index (κ3) is 4.59. The number of oxazole rings is 1. The molecule has 2 atom stereocenters. The molecule has 24 heavy (non-hydrogen) atoms. The average Bonchev–Trinajstić information content (AvgIpc) is 3.23. The normalized spacial score (nSPS) is 20.2. The lowest BCUT2D eigenvalue weighted by Crippen LogP contribution is -2.35. The molecular weight excluding hydrogens is 326 g/mol.